The van der Waals surface area contributed by atoms with Crippen molar-refractivity contribution in [1.82, 2.24) is 9.97 Å². The van der Waals surface area contributed by atoms with Crippen molar-refractivity contribution < 1.29 is 17.9 Å². The van der Waals surface area contributed by atoms with E-state index in [1.54, 1.807) is 7.05 Å². The van der Waals surface area contributed by atoms with E-state index >= 15 is 0 Å². The number of alkyl halides is 3. The van der Waals surface area contributed by atoms with Gasteiger partial charge < -0.3 is 9.64 Å². The molecule has 2 aromatic rings. The van der Waals surface area contributed by atoms with E-state index in [1.165, 1.54) is 4.90 Å². The molecule has 7 heteroatoms. The van der Waals surface area contributed by atoms with Gasteiger partial charge in [0.15, 0.2) is 5.82 Å². The molecule has 0 fully saturated rings. The number of ether oxygens (including phenoxy) is 1. The lowest BCUT2D eigenvalue weighted by Gasteiger charge is -2.25. The van der Waals surface area contributed by atoms with Gasteiger partial charge >= 0.3 is 12.2 Å². The Kier molecular flexibility index (Phi) is 8.73. The van der Waals surface area contributed by atoms with E-state index in [4.69, 9.17) is 4.74 Å². The number of halogens is 3. The Morgan fingerprint density at radius 1 is 1.00 bits per heavy atom. The fourth-order valence-corrected chi connectivity index (χ4v) is 3.13. The summed E-state index contributed by atoms with van der Waals surface area (Å²) in [6.45, 7) is 4.58. The Balaban J connectivity index is 2.35. The van der Waals surface area contributed by atoms with Crippen molar-refractivity contribution >= 4 is 11.5 Å². The van der Waals surface area contributed by atoms with Crippen LogP contribution >= 0.6 is 0 Å². The van der Waals surface area contributed by atoms with Gasteiger partial charge in [-0.1, -0.05) is 57.7 Å². The second-order valence-corrected chi connectivity index (χ2v) is 7.09. The standard InChI is InChI=1S/C22H30F3N3O/c1-4-6-8-12-17-13-9-10-14-19(17)28(3)20-18(22(23,24)25)16-26-21(27-20)29-15-11-7-5-2/h9-10,13-14,16H,4-8,11-12,15H2,1-3H3. The van der Waals surface area contributed by atoms with Gasteiger partial charge in [0.1, 0.15) is 5.56 Å². The second-order valence-electron chi connectivity index (χ2n) is 7.09. The quantitative estimate of drug-likeness (QED) is 0.394. The summed E-state index contributed by atoms with van der Waals surface area (Å²) in [4.78, 5) is 9.40. The van der Waals surface area contributed by atoms with Crippen molar-refractivity contribution in [3.05, 3.63) is 41.6 Å². The van der Waals surface area contributed by atoms with E-state index in [1.807, 2.05) is 24.3 Å². The third kappa shape index (κ3) is 6.61. The normalized spacial score (nSPS) is 11.5. The first-order valence-corrected chi connectivity index (χ1v) is 10.3. The topological polar surface area (TPSA) is 38.2 Å². The summed E-state index contributed by atoms with van der Waals surface area (Å²) in [5, 5.41) is 0. The fraction of sp³-hybridized carbons (Fsp3) is 0.545. The van der Waals surface area contributed by atoms with Gasteiger partial charge in [-0.15, -0.1) is 0 Å². The maximum atomic E-state index is 13.6. The van der Waals surface area contributed by atoms with Crippen molar-refractivity contribution in [2.75, 3.05) is 18.6 Å². The molecule has 0 saturated heterocycles. The van der Waals surface area contributed by atoms with E-state index in [2.05, 4.69) is 23.8 Å². The van der Waals surface area contributed by atoms with Gasteiger partial charge in [-0.2, -0.15) is 18.2 Å². The third-order valence-corrected chi connectivity index (χ3v) is 4.75. The smallest absolute Gasteiger partial charge is 0.421 e. The van der Waals surface area contributed by atoms with E-state index in [9.17, 15) is 13.2 Å². The molecule has 0 bridgehead atoms. The van der Waals surface area contributed by atoms with Crippen molar-refractivity contribution in [2.24, 2.45) is 0 Å². The summed E-state index contributed by atoms with van der Waals surface area (Å²) in [7, 11) is 1.61. The summed E-state index contributed by atoms with van der Waals surface area (Å²) in [6.07, 6.45) is 3.04. The van der Waals surface area contributed by atoms with Crippen LogP contribution in [-0.2, 0) is 12.6 Å². The molecule has 1 aromatic carbocycles. The summed E-state index contributed by atoms with van der Waals surface area (Å²) in [5.74, 6) is -0.194. The second kappa shape index (κ2) is 11.0. The number of hydrogen-bond acceptors (Lipinski definition) is 4. The molecule has 0 aliphatic heterocycles. The predicted molar refractivity (Wildman–Crippen MR) is 110 cm³/mol. The zero-order chi connectivity index (χ0) is 21.3. The highest BCUT2D eigenvalue weighted by Crippen LogP contribution is 2.38. The Labute approximate surface area is 171 Å². The van der Waals surface area contributed by atoms with Gasteiger partial charge in [0.25, 0.3) is 0 Å². The highest BCUT2D eigenvalue weighted by atomic mass is 19.4. The molecular formula is C22H30F3N3O. The highest BCUT2D eigenvalue weighted by Gasteiger charge is 2.37. The molecule has 160 valence electrons. The number of unbranched alkanes of at least 4 members (excludes halogenated alkanes) is 4. The molecule has 29 heavy (non-hydrogen) atoms. The van der Waals surface area contributed by atoms with Crippen LogP contribution < -0.4 is 9.64 Å². The van der Waals surface area contributed by atoms with Gasteiger partial charge in [0.05, 0.1) is 6.61 Å². The predicted octanol–water partition coefficient (Wildman–Crippen LogP) is 6.57. The molecule has 1 aromatic heterocycles. The molecule has 0 saturated carbocycles. The molecule has 0 aliphatic carbocycles. The molecule has 0 spiro atoms. The Hall–Kier alpha value is -2.31. The lowest BCUT2D eigenvalue weighted by atomic mass is 10.0. The molecule has 0 radical (unpaired) electrons. The van der Waals surface area contributed by atoms with Crippen LogP contribution in [0.4, 0.5) is 24.7 Å². The first-order valence-electron chi connectivity index (χ1n) is 10.3. The van der Waals surface area contributed by atoms with Crippen LogP contribution in [0.5, 0.6) is 6.01 Å². The van der Waals surface area contributed by atoms with E-state index in [0.29, 0.717) is 12.3 Å². The van der Waals surface area contributed by atoms with Gasteiger partial charge in [0.2, 0.25) is 0 Å². The Bertz CT molecular complexity index is 765. The van der Waals surface area contributed by atoms with Gasteiger partial charge in [-0.25, -0.2) is 4.98 Å². The van der Waals surface area contributed by atoms with E-state index < -0.39 is 11.7 Å². The van der Waals surface area contributed by atoms with E-state index in [0.717, 1.165) is 56.7 Å². The van der Waals surface area contributed by atoms with Crippen LogP contribution in [0.25, 0.3) is 0 Å². The largest absolute Gasteiger partial charge is 0.463 e. The number of para-hydroxylation sites is 1. The molecule has 0 unspecified atom stereocenters. The lowest BCUT2D eigenvalue weighted by Crippen LogP contribution is -2.20. The number of hydrogen-bond donors (Lipinski definition) is 0. The van der Waals surface area contributed by atoms with Crippen molar-refractivity contribution in [3.8, 4) is 6.01 Å². The Morgan fingerprint density at radius 2 is 1.69 bits per heavy atom. The van der Waals surface area contributed by atoms with Crippen LogP contribution in [-0.4, -0.2) is 23.6 Å². The minimum Gasteiger partial charge on any atom is -0.463 e. The van der Waals surface area contributed by atoms with E-state index in [-0.39, 0.29) is 11.8 Å². The van der Waals surface area contributed by atoms with Gasteiger partial charge in [0, 0.05) is 18.9 Å². The van der Waals surface area contributed by atoms with Crippen molar-refractivity contribution in [1.29, 1.82) is 0 Å². The zero-order valence-electron chi connectivity index (χ0n) is 17.4. The maximum absolute atomic E-state index is 13.6. The van der Waals surface area contributed by atoms with Crippen LogP contribution in [0, 0.1) is 0 Å². The average Bonchev–Trinajstić information content (AvgIpc) is 2.70. The minimum atomic E-state index is -4.55. The monoisotopic (exact) mass is 409 g/mol. The van der Waals surface area contributed by atoms with Gasteiger partial charge in [-0.3, -0.25) is 0 Å². The molecule has 4 nitrogen and oxygen atoms in total. The molecular weight excluding hydrogens is 379 g/mol. The Morgan fingerprint density at radius 3 is 2.38 bits per heavy atom. The van der Waals surface area contributed by atoms with Crippen molar-refractivity contribution in [3.63, 3.8) is 0 Å². The van der Waals surface area contributed by atoms with Crippen LogP contribution in [0.2, 0.25) is 0 Å². The maximum Gasteiger partial charge on any atom is 0.421 e. The molecule has 0 amide bonds. The highest BCUT2D eigenvalue weighted by molar-refractivity contribution is 5.66. The number of nitrogens with zero attached hydrogens (tertiary/aromatic N) is 3. The van der Waals surface area contributed by atoms with Crippen LogP contribution in [0.3, 0.4) is 0 Å². The van der Waals surface area contributed by atoms with Crippen LogP contribution in [0.1, 0.15) is 63.5 Å². The summed E-state index contributed by atoms with van der Waals surface area (Å²) in [6, 6.07) is 7.49. The minimum absolute atomic E-state index is 0.0283. The van der Waals surface area contributed by atoms with Gasteiger partial charge in [-0.05, 0) is 30.9 Å². The molecule has 2 rings (SSSR count). The molecule has 0 atom stereocenters. The number of aryl methyl sites for hydroxylation is 1. The lowest BCUT2D eigenvalue weighted by molar-refractivity contribution is -0.137. The first-order chi connectivity index (χ1) is 13.9. The number of anilines is 2. The molecule has 0 N–H and O–H groups in total. The third-order valence-electron chi connectivity index (χ3n) is 4.75. The SMILES string of the molecule is CCCCCOc1ncc(C(F)(F)F)c(N(C)c2ccccc2CCCCC)n1. The number of aromatic nitrogens is 2. The molecule has 0 aliphatic rings. The average molecular weight is 409 g/mol. The zero-order valence-corrected chi connectivity index (χ0v) is 17.4. The van der Waals surface area contributed by atoms with Crippen molar-refractivity contribution in [2.45, 2.75) is 65.0 Å². The summed E-state index contributed by atoms with van der Waals surface area (Å²) >= 11 is 0. The summed E-state index contributed by atoms with van der Waals surface area (Å²) < 4.78 is 46.3. The number of rotatable bonds is 11. The fourth-order valence-electron chi connectivity index (χ4n) is 3.13. The summed E-state index contributed by atoms with van der Waals surface area (Å²) in [5.41, 5.74) is 0.842. The number of benzene rings is 1. The van der Waals surface area contributed by atoms with Crippen LogP contribution in [0.15, 0.2) is 30.5 Å². The first kappa shape index (κ1) is 23.0. The molecule has 1 heterocycles.